The first-order valence-corrected chi connectivity index (χ1v) is 17.3. The molecule has 2 heterocycles. The molecule has 0 fully saturated rings. The molecule has 0 aliphatic heterocycles. The summed E-state index contributed by atoms with van der Waals surface area (Å²) in [5.41, 5.74) is 6.17. The van der Waals surface area contributed by atoms with Gasteiger partial charge in [0.15, 0.2) is 0 Å². The molecule has 9 aromatic carbocycles. The van der Waals surface area contributed by atoms with Crippen molar-refractivity contribution in [3.8, 4) is 16.8 Å². The maximum atomic E-state index is 2.54. The topological polar surface area (TPSA) is 4.93 Å². The quantitative estimate of drug-likeness (QED) is 0.168. The SMILES string of the molecule is c1cc(-c2cccc3ccccc23)cc(-n2c3ccccc3c3c4c5ccccc5c5ccccc5c4c4c5ccccc5sc4c32)c1. The lowest BCUT2D eigenvalue weighted by atomic mass is 9.89. The Morgan fingerprint density at radius 1 is 0.396 bits per heavy atom. The normalized spacial score (nSPS) is 12.2. The molecule has 0 aliphatic rings. The van der Waals surface area contributed by atoms with Gasteiger partial charge in [-0.05, 0) is 67.7 Å². The summed E-state index contributed by atoms with van der Waals surface area (Å²) in [7, 11) is 0. The molecule has 0 amide bonds. The van der Waals surface area contributed by atoms with E-state index in [4.69, 9.17) is 0 Å². The van der Waals surface area contributed by atoms with Crippen LogP contribution in [0, 0.1) is 0 Å². The zero-order valence-electron chi connectivity index (χ0n) is 25.9. The highest BCUT2D eigenvalue weighted by Gasteiger charge is 2.24. The Morgan fingerprint density at radius 2 is 0.979 bits per heavy atom. The summed E-state index contributed by atoms with van der Waals surface area (Å²) in [6.07, 6.45) is 0. The van der Waals surface area contributed by atoms with Crippen LogP contribution in [0.1, 0.15) is 0 Å². The van der Waals surface area contributed by atoms with Gasteiger partial charge >= 0.3 is 0 Å². The minimum atomic E-state index is 1.18. The highest BCUT2D eigenvalue weighted by Crippen LogP contribution is 2.51. The van der Waals surface area contributed by atoms with E-state index in [9.17, 15) is 0 Å². The van der Waals surface area contributed by atoms with Gasteiger partial charge < -0.3 is 4.57 Å². The van der Waals surface area contributed by atoms with Gasteiger partial charge in [0, 0.05) is 42.7 Å². The molecule has 222 valence electrons. The zero-order chi connectivity index (χ0) is 31.3. The van der Waals surface area contributed by atoms with E-state index in [2.05, 4.69) is 168 Å². The summed E-state index contributed by atoms with van der Waals surface area (Å²) in [6, 6.07) is 60.4. The fraction of sp³-hybridized carbons (Fsp3) is 0. The Kier molecular flexibility index (Phi) is 5.32. The molecule has 0 unspecified atom stereocenters. The summed E-state index contributed by atoms with van der Waals surface area (Å²) in [5, 5.41) is 15.8. The lowest BCUT2D eigenvalue weighted by Gasteiger charge is -2.15. The van der Waals surface area contributed by atoms with Gasteiger partial charge in [-0.3, -0.25) is 0 Å². The van der Waals surface area contributed by atoms with Gasteiger partial charge in [-0.15, -0.1) is 11.3 Å². The average Bonchev–Trinajstić information content (AvgIpc) is 3.71. The highest BCUT2D eigenvalue weighted by molar-refractivity contribution is 7.27. The summed E-state index contributed by atoms with van der Waals surface area (Å²) in [6.45, 7) is 0. The van der Waals surface area contributed by atoms with E-state index in [0.29, 0.717) is 0 Å². The molecule has 0 saturated heterocycles. The van der Waals surface area contributed by atoms with Crippen molar-refractivity contribution in [2.24, 2.45) is 0 Å². The molecule has 11 aromatic rings. The van der Waals surface area contributed by atoms with Crippen LogP contribution in [0.3, 0.4) is 0 Å². The maximum absolute atomic E-state index is 2.54. The molecular formula is C46H27NS. The average molecular weight is 626 g/mol. The van der Waals surface area contributed by atoms with Crippen LogP contribution in [0.25, 0.3) is 102 Å². The second-order valence-electron chi connectivity index (χ2n) is 12.8. The first-order valence-electron chi connectivity index (χ1n) is 16.5. The van der Waals surface area contributed by atoms with E-state index in [1.807, 2.05) is 11.3 Å². The summed E-state index contributed by atoms with van der Waals surface area (Å²) < 4.78 is 5.20. The largest absolute Gasteiger partial charge is 0.308 e. The van der Waals surface area contributed by atoms with E-state index >= 15 is 0 Å². The van der Waals surface area contributed by atoms with Crippen LogP contribution in [0.15, 0.2) is 164 Å². The van der Waals surface area contributed by atoms with E-state index in [-0.39, 0.29) is 0 Å². The lowest BCUT2D eigenvalue weighted by molar-refractivity contribution is 1.19. The van der Waals surface area contributed by atoms with Crippen molar-refractivity contribution < 1.29 is 0 Å². The number of fused-ring (bicyclic) bond motifs is 16. The predicted octanol–water partition coefficient (Wildman–Crippen LogP) is 13.4. The van der Waals surface area contributed by atoms with Crippen molar-refractivity contribution in [3.63, 3.8) is 0 Å². The molecule has 1 nitrogen and oxygen atoms in total. The van der Waals surface area contributed by atoms with Crippen molar-refractivity contribution in [3.05, 3.63) is 164 Å². The van der Waals surface area contributed by atoms with Gasteiger partial charge in [0.2, 0.25) is 0 Å². The Morgan fingerprint density at radius 3 is 1.77 bits per heavy atom. The van der Waals surface area contributed by atoms with Crippen molar-refractivity contribution in [1.29, 1.82) is 0 Å². The second-order valence-corrected chi connectivity index (χ2v) is 13.8. The van der Waals surface area contributed by atoms with Crippen LogP contribution in [0.4, 0.5) is 0 Å². The molecule has 0 bridgehead atoms. The zero-order valence-corrected chi connectivity index (χ0v) is 26.8. The highest BCUT2D eigenvalue weighted by atomic mass is 32.1. The molecule has 11 rings (SSSR count). The van der Waals surface area contributed by atoms with Crippen molar-refractivity contribution in [2.75, 3.05) is 0 Å². The maximum Gasteiger partial charge on any atom is 0.0726 e. The third-order valence-corrected chi connectivity index (χ3v) is 11.5. The summed E-state index contributed by atoms with van der Waals surface area (Å²) >= 11 is 1.93. The number of hydrogen-bond donors (Lipinski definition) is 0. The third kappa shape index (κ3) is 3.45. The molecule has 0 saturated carbocycles. The number of thiophene rings is 1. The standard InChI is InChI=1S/C46H27NS/c1-2-17-31-28(13-1)14-12-24-32(31)29-15-11-16-30(27-29)47-39-25-9-7-22-37(39)43-41-35-20-5-3-18-33(35)34-19-4-6-21-36(34)42(41)44-38-23-8-10-26-40(38)48-46(44)45(43)47/h1-27H. The Balaban J connectivity index is 1.39. The number of para-hydroxylation sites is 1. The second kappa shape index (κ2) is 9.78. The van der Waals surface area contributed by atoms with Gasteiger partial charge in [-0.1, -0.05) is 140 Å². The third-order valence-electron chi connectivity index (χ3n) is 10.3. The lowest BCUT2D eigenvalue weighted by Crippen LogP contribution is -1.95. The predicted molar refractivity (Wildman–Crippen MR) is 209 cm³/mol. The summed E-state index contributed by atoms with van der Waals surface area (Å²) in [5.74, 6) is 0. The Labute approximate surface area is 280 Å². The molecule has 0 N–H and O–H groups in total. The molecule has 0 aliphatic carbocycles. The van der Waals surface area contributed by atoms with Crippen molar-refractivity contribution in [2.45, 2.75) is 0 Å². The van der Waals surface area contributed by atoms with E-state index in [0.717, 1.165) is 0 Å². The molecular weight excluding hydrogens is 599 g/mol. The van der Waals surface area contributed by atoms with Crippen LogP contribution >= 0.6 is 11.3 Å². The Bertz CT molecular complexity index is 3120. The fourth-order valence-corrected chi connectivity index (χ4v) is 9.64. The Hall–Kier alpha value is -5.96. The minimum absolute atomic E-state index is 1.18. The van der Waals surface area contributed by atoms with Gasteiger partial charge in [0.1, 0.15) is 0 Å². The van der Waals surface area contributed by atoms with Gasteiger partial charge in [-0.2, -0.15) is 0 Å². The number of aromatic nitrogens is 1. The van der Waals surface area contributed by atoms with Crippen molar-refractivity contribution >= 4 is 96.4 Å². The van der Waals surface area contributed by atoms with E-state index in [1.165, 1.54) is 102 Å². The van der Waals surface area contributed by atoms with E-state index in [1.54, 1.807) is 0 Å². The molecule has 2 aromatic heterocycles. The van der Waals surface area contributed by atoms with Crippen molar-refractivity contribution in [1.82, 2.24) is 4.57 Å². The van der Waals surface area contributed by atoms with Gasteiger partial charge in [0.05, 0.1) is 15.7 Å². The monoisotopic (exact) mass is 625 g/mol. The first-order chi connectivity index (χ1) is 23.8. The van der Waals surface area contributed by atoms with Crippen LogP contribution in [-0.4, -0.2) is 4.57 Å². The number of hydrogen-bond acceptors (Lipinski definition) is 1. The number of rotatable bonds is 2. The van der Waals surface area contributed by atoms with Crippen LogP contribution in [0.2, 0.25) is 0 Å². The molecule has 0 atom stereocenters. The molecule has 0 radical (unpaired) electrons. The first kappa shape index (κ1) is 26.1. The molecule has 2 heteroatoms. The fourth-order valence-electron chi connectivity index (χ4n) is 8.39. The number of nitrogens with zero attached hydrogens (tertiary/aromatic N) is 1. The van der Waals surface area contributed by atoms with E-state index < -0.39 is 0 Å². The molecule has 48 heavy (non-hydrogen) atoms. The summed E-state index contributed by atoms with van der Waals surface area (Å²) in [4.78, 5) is 0. The van der Waals surface area contributed by atoms with Gasteiger partial charge in [0.25, 0.3) is 0 Å². The van der Waals surface area contributed by atoms with Crippen LogP contribution < -0.4 is 0 Å². The van der Waals surface area contributed by atoms with Crippen LogP contribution in [0.5, 0.6) is 0 Å². The van der Waals surface area contributed by atoms with Gasteiger partial charge in [-0.25, -0.2) is 0 Å². The smallest absolute Gasteiger partial charge is 0.0726 e. The number of benzene rings is 9. The minimum Gasteiger partial charge on any atom is -0.308 e. The molecule has 0 spiro atoms. The van der Waals surface area contributed by atoms with Crippen LogP contribution in [-0.2, 0) is 0 Å².